The highest BCUT2D eigenvalue weighted by atomic mass is 16.5. The van der Waals surface area contributed by atoms with Gasteiger partial charge in [-0.15, -0.1) is 0 Å². The van der Waals surface area contributed by atoms with E-state index in [1.54, 1.807) is 7.11 Å². The largest absolute Gasteiger partial charge is 0.493 e. The van der Waals surface area contributed by atoms with Gasteiger partial charge in [0.15, 0.2) is 22.8 Å². The van der Waals surface area contributed by atoms with E-state index in [0.717, 1.165) is 65.5 Å². The summed E-state index contributed by atoms with van der Waals surface area (Å²) in [6, 6.07) is 7.85. The monoisotopic (exact) mass is 362 g/mol. The van der Waals surface area contributed by atoms with E-state index in [0.29, 0.717) is 5.92 Å². The van der Waals surface area contributed by atoms with Crippen molar-refractivity contribution in [2.24, 2.45) is 20.9 Å². The predicted molar refractivity (Wildman–Crippen MR) is 108 cm³/mol. The number of benzene rings is 1. The lowest BCUT2D eigenvalue weighted by molar-refractivity contribution is 0.244. The van der Waals surface area contributed by atoms with Crippen molar-refractivity contribution in [2.45, 2.75) is 25.4 Å². The second-order valence-corrected chi connectivity index (χ2v) is 7.39. The molecule has 6 heteroatoms. The molecule has 1 saturated heterocycles. The van der Waals surface area contributed by atoms with E-state index in [2.05, 4.69) is 12.2 Å². The zero-order valence-corrected chi connectivity index (χ0v) is 15.5. The number of rotatable bonds is 3. The first-order valence-corrected chi connectivity index (χ1v) is 9.40. The van der Waals surface area contributed by atoms with Crippen LogP contribution < -0.4 is 10.1 Å². The van der Waals surface area contributed by atoms with Crippen LogP contribution in [-0.4, -0.2) is 43.5 Å². The zero-order chi connectivity index (χ0) is 18.4. The van der Waals surface area contributed by atoms with Crippen LogP contribution >= 0.6 is 0 Å². The number of nitrogens with zero attached hydrogens (tertiary/aromatic N) is 3. The molecule has 1 N–H and O–H groups in total. The number of nitrogens with one attached hydrogen (secondary N) is 1. The molecule has 1 fully saturated rings. The van der Waals surface area contributed by atoms with Gasteiger partial charge >= 0.3 is 0 Å². The number of methoxy groups -OCH3 is 1. The first-order chi connectivity index (χ1) is 13.2. The molecular weight excluding hydrogens is 340 g/mol. The highest BCUT2D eigenvalue weighted by Crippen LogP contribution is 2.36. The molecule has 1 aromatic carbocycles. The maximum atomic E-state index is 6.04. The van der Waals surface area contributed by atoms with Crippen LogP contribution in [0.4, 0.5) is 0 Å². The average Bonchev–Trinajstić information content (AvgIpc) is 3.31. The molecule has 3 aliphatic rings. The van der Waals surface area contributed by atoms with E-state index >= 15 is 0 Å². The molecule has 1 atom stereocenters. The molecule has 27 heavy (non-hydrogen) atoms. The van der Waals surface area contributed by atoms with Crippen molar-refractivity contribution in [3.05, 3.63) is 36.1 Å². The summed E-state index contributed by atoms with van der Waals surface area (Å²) in [4.78, 5) is 14.4. The fraction of sp³-hybridized carbons (Fsp3) is 0.381. The van der Waals surface area contributed by atoms with Crippen molar-refractivity contribution in [3.8, 4) is 5.75 Å². The second kappa shape index (κ2) is 6.16. The number of furan rings is 1. The van der Waals surface area contributed by atoms with E-state index < -0.39 is 5.66 Å². The fourth-order valence-corrected chi connectivity index (χ4v) is 4.09. The Morgan fingerprint density at radius 3 is 2.89 bits per heavy atom. The third-order valence-corrected chi connectivity index (χ3v) is 5.66. The molecule has 1 aromatic heterocycles. The molecular formula is C21H22N4O2. The molecule has 6 nitrogen and oxygen atoms in total. The van der Waals surface area contributed by atoms with E-state index in [1.807, 2.05) is 36.6 Å². The van der Waals surface area contributed by atoms with Gasteiger partial charge in [-0.1, -0.05) is 12.1 Å². The van der Waals surface area contributed by atoms with Crippen molar-refractivity contribution < 1.29 is 9.15 Å². The van der Waals surface area contributed by atoms with Crippen LogP contribution in [0, 0.1) is 5.92 Å². The summed E-state index contributed by atoms with van der Waals surface area (Å²) in [6.45, 7) is 4.19. The number of para-hydroxylation sites is 1. The van der Waals surface area contributed by atoms with Gasteiger partial charge in [-0.3, -0.25) is 9.98 Å². The van der Waals surface area contributed by atoms with Gasteiger partial charge in [0.2, 0.25) is 0 Å². The summed E-state index contributed by atoms with van der Waals surface area (Å²) in [5.74, 6) is 1.90. The SMILES string of the molecule is COc1cccc2cc(C3=CC4=NC(C)(C5CCNCC5)N=CC4=N3)oc12. The van der Waals surface area contributed by atoms with Gasteiger partial charge in [0.1, 0.15) is 11.4 Å². The van der Waals surface area contributed by atoms with Crippen LogP contribution in [0.1, 0.15) is 25.5 Å². The van der Waals surface area contributed by atoms with Crippen LogP contribution in [0.3, 0.4) is 0 Å². The first-order valence-electron chi connectivity index (χ1n) is 9.40. The fourth-order valence-electron chi connectivity index (χ4n) is 4.09. The van der Waals surface area contributed by atoms with Crippen LogP contribution in [-0.2, 0) is 0 Å². The number of aliphatic imine (C=N–C) groups is 3. The third-order valence-electron chi connectivity index (χ3n) is 5.66. The summed E-state index contributed by atoms with van der Waals surface area (Å²) in [7, 11) is 1.65. The number of fused-ring (bicyclic) bond motifs is 2. The summed E-state index contributed by atoms with van der Waals surface area (Å²) >= 11 is 0. The summed E-state index contributed by atoms with van der Waals surface area (Å²) < 4.78 is 11.4. The van der Waals surface area contributed by atoms with E-state index in [4.69, 9.17) is 24.1 Å². The van der Waals surface area contributed by atoms with E-state index in [-0.39, 0.29) is 0 Å². The minimum absolute atomic E-state index is 0.403. The molecule has 1 unspecified atom stereocenters. The van der Waals surface area contributed by atoms with Gasteiger partial charge in [-0.25, -0.2) is 4.99 Å². The number of hydrogen-bond donors (Lipinski definition) is 1. The number of hydrogen-bond acceptors (Lipinski definition) is 6. The van der Waals surface area contributed by atoms with Gasteiger partial charge < -0.3 is 14.5 Å². The Labute approximate surface area is 157 Å². The van der Waals surface area contributed by atoms with Gasteiger partial charge in [0.25, 0.3) is 0 Å². The van der Waals surface area contributed by atoms with Gasteiger partial charge in [0.05, 0.1) is 19.0 Å². The molecule has 0 aliphatic carbocycles. The molecule has 0 amide bonds. The van der Waals surface area contributed by atoms with Gasteiger partial charge in [-0.05, 0) is 51.1 Å². The number of allylic oxidation sites excluding steroid dienone is 1. The standard InChI is InChI=1S/C21H22N4O2/c1-21(14-6-8-22-9-7-14)23-12-17-15(25-21)11-16(24-17)19-10-13-4-3-5-18(26-2)20(13)27-19/h3-5,10-12,14,22H,6-9H2,1-2H3. The smallest absolute Gasteiger partial charge is 0.176 e. The summed E-state index contributed by atoms with van der Waals surface area (Å²) in [5, 5.41) is 4.41. The molecule has 2 aromatic rings. The lowest BCUT2D eigenvalue weighted by Gasteiger charge is -2.35. The van der Waals surface area contributed by atoms with Crippen LogP contribution in [0.25, 0.3) is 16.7 Å². The minimum atomic E-state index is -0.403. The maximum Gasteiger partial charge on any atom is 0.176 e. The third kappa shape index (κ3) is 2.72. The molecule has 0 saturated carbocycles. The lowest BCUT2D eigenvalue weighted by atomic mass is 9.85. The van der Waals surface area contributed by atoms with Gasteiger partial charge in [-0.2, -0.15) is 0 Å². The second-order valence-electron chi connectivity index (χ2n) is 7.39. The Morgan fingerprint density at radius 2 is 2.07 bits per heavy atom. The lowest BCUT2D eigenvalue weighted by Crippen LogP contribution is -2.42. The predicted octanol–water partition coefficient (Wildman–Crippen LogP) is 3.48. The van der Waals surface area contributed by atoms with Crippen LogP contribution in [0.2, 0.25) is 0 Å². The van der Waals surface area contributed by atoms with Crippen molar-refractivity contribution >= 4 is 34.3 Å². The maximum absolute atomic E-state index is 6.04. The molecule has 5 rings (SSSR count). The quantitative estimate of drug-likeness (QED) is 0.909. The number of ether oxygens (including phenoxy) is 1. The minimum Gasteiger partial charge on any atom is -0.493 e. The average molecular weight is 362 g/mol. The van der Waals surface area contributed by atoms with Crippen molar-refractivity contribution in [1.82, 2.24) is 5.32 Å². The zero-order valence-electron chi connectivity index (χ0n) is 15.5. The topological polar surface area (TPSA) is 71.5 Å². The Kier molecular flexibility index (Phi) is 3.75. The van der Waals surface area contributed by atoms with Crippen molar-refractivity contribution in [2.75, 3.05) is 20.2 Å². The van der Waals surface area contributed by atoms with Crippen molar-refractivity contribution in [1.29, 1.82) is 0 Å². The summed E-state index contributed by atoms with van der Waals surface area (Å²) in [5.41, 5.74) is 2.82. The molecule has 0 radical (unpaired) electrons. The molecule has 138 valence electrons. The van der Waals surface area contributed by atoms with E-state index in [1.165, 1.54) is 0 Å². The Hall–Kier alpha value is -2.73. The van der Waals surface area contributed by atoms with Crippen LogP contribution in [0.5, 0.6) is 5.75 Å². The molecule has 0 spiro atoms. The Morgan fingerprint density at radius 1 is 1.22 bits per heavy atom. The van der Waals surface area contributed by atoms with Crippen LogP contribution in [0.15, 0.2) is 49.7 Å². The first kappa shape index (κ1) is 16.4. The Bertz CT molecular complexity index is 1020. The Balaban J connectivity index is 1.50. The summed E-state index contributed by atoms with van der Waals surface area (Å²) in [6.07, 6.45) is 6.06. The highest BCUT2D eigenvalue weighted by molar-refractivity contribution is 6.68. The van der Waals surface area contributed by atoms with E-state index in [9.17, 15) is 0 Å². The normalized spacial score (nSPS) is 25.2. The van der Waals surface area contributed by atoms with Gasteiger partial charge in [0, 0.05) is 11.3 Å². The highest BCUT2D eigenvalue weighted by Gasteiger charge is 2.37. The van der Waals surface area contributed by atoms with Crippen molar-refractivity contribution in [3.63, 3.8) is 0 Å². The molecule has 0 bridgehead atoms. The molecule has 4 heterocycles. The number of piperidine rings is 1. The molecule has 3 aliphatic heterocycles.